The van der Waals surface area contributed by atoms with Crippen LogP contribution in [0.1, 0.15) is 12.0 Å². The van der Waals surface area contributed by atoms with Crippen LogP contribution in [0.3, 0.4) is 0 Å². The summed E-state index contributed by atoms with van der Waals surface area (Å²) in [5.74, 6) is 0.0855. The molecule has 0 aliphatic carbocycles. The van der Waals surface area contributed by atoms with Crippen molar-refractivity contribution in [2.75, 3.05) is 13.1 Å². The average Bonchev–Trinajstić information content (AvgIpc) is 2.27. The van der Waals surface area contributed by atoms with Crippen LogP contribution in [-0.2, 0) is 11.2 Å². The third kappa shape index (κ3) is 3.22. The summed E-state index contributed by atoms with van der Waals surface area (Å²) in [5.41, 5.74) is 1.22. The summed E-state index contributed by atoms with van der Waals surface area (Å²) in [4.78, 5) is 11.1. The van der Waals surface area contributed by atoms with E-state index in [1.54, 1.807) is 0 Å². The Kier molecular flexibility index (Phi) is 3.80. The second kappa shape index (κ2) is 5.32. The topological polar surface area (TPSA) is 41.1 Å². The molecule has 0 saturated carbocycles. The minimum atomic E-state index is 0.0855. The predicted octanol–water partition coefficient (Wildman–Crippen LogP) is 1.36. The SMILES string of the molecule is O=C1CNCC(CCc2cccc(Cl)c2)N1. The van der Waals surface area contributed by atoms with Gasteiger partial charge in [-0.1, -0.05) is 23.7 Å². The van der Waals surface area contributed by atoms with E-state index in [-0.39, 0.29) is 11.9 Å². The highest BCUT2D eigenvalue weighted by molar-refractivity contribution is 6.30. The molecule has 2 N–H and O–H groups in total. The standard InChI is InChI=1S/C12H15ClN2O/c13-10-3-1-2-9(6-10)4-5-11-7-14-8-12(16)15-11/h1-3,6,11,14H,4-5,7-8H2,(H,15,16). The molecule has 1 aliphatic heterocycles. The summed E-state index contributed by atoms with van der Waals surface area (Å²) in [6, 6.07) is 8.09. The molecule has 0 radical (unpaired) electrons. The molecule has 0 bridgehead atoms. The number of amides is 1. The first kappa shape index (κ1) is 11.4. The second-order valence-corrected chi connectivity index (χ2v) is 4.50. The van der Waals surface area contributed by atoms with Crippen LogP contribution in [0.15, 0.2) is 24.3 Å². The monoisotopic (exact) mass is 238 g/mol. The normalized spacial score (nSPS) is 20.6. The number of aryl methyl sites for hydroxylation is 1. The maximum absolute atomic E-state index is 11.1. The van der Waals surface area contributed by atoms with Crippen LogP contribution in [0.4, 0.5) is 0 Å². The van der Waals surface area contributed by atoms with Crippen molar-refractivity contribution in [3.63, 3.8) is 0 Å². The minimum Gasteiger partial charge on any atom is -0.351 e. The number of carbonyl (C=O) groups is 1. The number of halogens is 1. The lowest BCUT2D eigenvalue weighted by Gasteiger charge is -2.24. The lowest BCUT2D eigenvalue weighted by Crippen LogP contribution is -2.52. The zero-order valence-electron chi connectivity index (χ0n) is 9.00. The molecule has 1 unspecified atom stereocenters. The van der Waals surface area contributed by atoms with Crippen molar-refractivity contribution in [1.82, 2.24) is 10.6 Å². The van der Waals surface area contributed by atoms with Gasteiger partial charge in [0.05, 0.1) is 6.54 Å². The summed E-state index contributed by atoms with van der Waals surface area (Å²) in [6.07, 6.45) is 1.88. The highest BCUT2D eigenvalue weighted by Gasteiger charge is 2.16. The third-order valence-electron chi connectivity index (χ3n) is 2.71. The van der Waals surface area contributed by atoms with Gasteiger partial charge < -0.3 is 10.6 Å². The van der Waals surface area contributed by atoms with Crippen LogP contribution < -0.4 is 10.6 Å². The highest BCUT2D eigenvalue weighted by Crippen LogP contribution is 2.13. The number of piperazine rings is 1. The van der Waals surface area contributed by atoms with Gasteiger partial charge in [0.25, 0.3) is 0 Å². The molecule has 3 nitrogen and oxygen atoms in total. The first-order chi connectivity index (χ1) is 7.74. The third-order valence-corrected chi connectivity index (χ3v) is 2.95. The Morgan fingerprint density at radius 1 is 1.44 bits per heavy atom. The van der Waals surface area contributed by atoms with Gasteiger partial charge in [-0.05, 0) is 30.5 Å². The average molecular weight is 239 g/mol. The smallest absolute Gasteiger partial charge is 0.234 e. The van der Waals surface area contributed by atoms with Gasteiger partial charge in [-0.25, -0.2) is 0 Å². The van der Waals surface area contributed by atoms with E-state index in [9.17, 15) is 4.79 Å². The lowest BCUT2D eigenvalue weighted by atomic mass is 10.0. The van der Waals surface area contributed by atoms with Crippen molar-refractivity contribution in [1.29, 1.82) is 0 Å². The zero-order chi connectivity index (χ0) is 11.4. The van der Waals surface area contributed by atoms with Crippen molar-refractivity contribution >= 4 is 17.5 Å². The number of nitrogens with one attached hydrogen (secondary N) is 2. The number of benzene rings is 1. The Bertz CT molecular complexity index is 381. The zero-order valence-corrected chi connectivity index (χ0v) is 9.76. The summed E-state index contributed by atoms with van der Waals surface area (Å²) in [5, 5.41) is 6.83. The molecule has 86 valence electrons. The van der Waals surface area contributed by atoms with E-state index in [0.717, 1.165) is 24.4 Å². The van der Waals surface area contributed by atoms with Crippen molar-refractivity contribution in [3.05, 3.63) is 34.9 Å². The lowest BCUT2D eigenvalue weighted by molar-refractivity contribution is -0.122. The van der Waals surface area contributed by atoms with E-state index >= 15 is 0 Å². The molecule has 0 spiro atoms. The van der Waals surface area contributed by atoms with Crippen molar-refractivity contribution in [2.24, 2.45) is 0 Å². The van der Waals surface area contributed by atoms with Gasteiger partial charge in [0, 0.05) is 17.6 Å². The Morgan fingerprint density at radius 2 is 2.31 bits per heavy atom. The molecule has 1 aromatic rings. The molecule has 1 aliphatic rings. The molecule has 16 heavy (non-hydrogen) atoms. The number of carbonyl (C=O) groups excluding carboxylic acids is 1. The number of hydrogen-bond donors (Lipinski definition) is 2. The predicted molar refractivity (Wildman–Crippen MR) is 64.6 cm³/mol. The molecule has 1 fully saturated rings. The highest BCUT2D eigenvalue weighted by atomic mass is 35.5. The quantitative estimate of drug-likeness (QED) is 0.835. The largest absolute Gasteiger partial charge is 0.351 e. The fourth-order valence-electron chi connectivity index (χ4n) is 1.90. The first-order valence-electron chi connectivity index (χ1n) is 5.48. The van der Waals surface area contributed by atoms with Gasteiger partial charge in [0.2, 0.25) is 5.91 Å². The van der Waals surface area contributed by atoms with Crippen LogP contribution in [0, 0.1) is 0 Å². The minimum absolute atomic E-state index is 0.0855. The molecule has 1 aromatic carbocycles. The Balaban J connectivity index is 1.85. The van der Waals surface area contributed by atoms with E-state index in [1.165, 1.54) is 5.56 Å². The second-order valence-electron chi connectivity index (χ2n) is 4.06. The van der Waals surface area contributed by atoms with Crippen LogP contribution in [0.2, 0.25) is 5.02 Å². The first-order valence-corrected chi connectivity index (χ1v) is 5.86. The van der Waals surface area contributed by atoms with Gasteiger partial charge >= 0.3 is 0 Å². The number of rotatable bonds is 3. The molecule has 1 heterocycles. The molecule has 4 heteroatoms. The summed E-state index contributed by atoms with van der Waals surface area (Å²) in [6.45, 7) is 1.29. The Hall–Kier alpha value is -1.06. The molecule has 1 amide bonds. The fraction of sp³-hybridized carbons (Fsp3) is 0.417. The fourth-order valence-corrected chi connectivity index (χ4v) is 2.11. The molecule has 1 atom stereocenters. The van der Waals surface area contributed by atoms with Crippen LogP contribution in [0.5, 0.6) is 0 Å². The molecule has 1 saturated heterocycles. The van der Waals surface area contributed by atoms with E-state index in [0.29, 0.717) is 6.54 Å². The van der Waals surface area contributed by atoms with Gasteiger partial charge in [-0.3, -0.25) is 4.79 Å². The summed E-state index contributed by atoms with van der Waals surface area (Å²) in [7, 11) is 0. The Morgan fingerprint density at radius 3 is 3.06 bits per heavy atom. The van der Waals surface area contributed by atoms with Crippen LogP contribution in [0.25, 0.3) is 0 Å². The van der Waals surface area contributed by atoms with Gasteiger partial charge in [0.15, 0.2) is 0 Å². The number of hydrogen-bond acceptors (Lipinski definition) is 2. The van der Waals surface area contributed by atoms with E-state index in [1.807, 2.05) is 18.2 Å². The van der Waals surface area contributed by atoms with Gasteiger partial charge in [-0.2, -0.15) is 0 Å². The molecular formula is C12H15ClN2O. The molecule has 2 rings (SSSR count). The summed E-state index contributed by atoms with van der Waals surface area (Å²) >= 11 is 5.91. The van der Waals surface area contributed by atoms with E-state index in [4.69, 9.17) is 11.6 Å². The van der Waals surface area contributed by atoms with Crippen molar-refractivity contribution < 1.29 is 4.79 Å². The van der Waals surface area contributed by atoms with E-state index < -0.39 is 0 Å². The van der Waals surface area contributed by atoms with Gasteiger partial charge in [-0.15, -0.1) is 0 Å². The van der Waals surface area contributed by atoms with Crippen LogP contribution >= 0.6 is 11.6 Å². The molecule has 0 aromatic heterocycles. The van der Waals surface area contributed by atoms with Crippen LogP contribution in [-0.4, -0.2) is 25.0 Å². The molecular weight excluding hydrogens is 224 g/mol. The maximum atomic E-state index is 11.1. The maximum Gasteiger partial charge on any atom is 0.234 e. The Labute approximate surface area is 100 Å². The van der Waals surface area contributed by atoms with Crippen molar-refractivity contribution in [2.45, 2.75) is 18.9 Å². The van der Waals surface area contributed by atoms with Gasteiger partial charge in [0.1, 0.15) is 0 Å². The van der Waals surface area contributed by atoms with Crippen molar-refractivity contribution in [3.8, 4) is 0 Å². The van der Waals surface area contributed by atoms with E-state index in [2.05, 4.69) is 16.7 Å². The summed E-state index contributed by atoms with van der Waals surface area (Å²) < 4.78 is 0.